The van der Waals surface area contributed by atoms with Gasteiger partial charge in [-0.2, -0.15) is 11.3 Å². The Labute approximate surface area is 142 Å². The van der Waals surface area contributed by atoms with Gasteiger partial charge in [0.25, 0.3) is 0 Å². The Morgan fingerprint density at radius 3 is 2.96 bits per heavy atom. The van der Waals surface area contributed by atoms with Crippen molar-refractivity contribution < 1.29 is 13.9 Å². The molecule has 2 bridgehead atoms. The van der Waals surface area contributed by atoms with Crippen LogP contribution in [-0.2, 0) is 16.9 Å². The Balaban J connectivity index is 1.82. The molecule has 0 fully saturated rings. The molecule has 0 aliphatic carbocycles. The van der Waals surface area contributed by atoms with Crippen LogP contribution in [0, 0.1) is 6.92 Å². The second-order valence-corrected chi connectivity index (χ2v) is 6.94. The molecule has 2 aromatic heterocycles. The van der Waals surface area contributed by atoms with Gasteiger partial charge in [-0.25, -0.2) is 4.79 Å². The van der Waals surface area contributed by atoms with Gasteiger partial charge in [0.15, 0.2) is 0 Å². The maximum absolute atomic E-state index is 12.5. The van der Waals surface area contributed by atoms with E-state index in [2.05, 4.69) is 6.07 Å². The third-order valence-corrected chi connectivity index (χ3v) is 5.32. The number of ether oxygens (including phenoxy) is 2. The van der Waals surface area contributed by atoms with E-state index >= 15 is 0 Å². The third kappa shape index (κ3) is 1.85. The molecule has 4 nitrogen and oxygen atoms in total. The zero-order valence-electron chi connectivity index (χ0n) is 12.9. The molecule has 0 N–H and O–H groups in total. The molecule has 1 aromatic carbocycles. The van der Waals surface area contributed by atoms with Crippen molar-refractivity contribution in [3.63, 3.8) is 0 Å². The fourth-order valence-corrected chi connectivity index (χ4v) is 4.28. The van der Waals surface area contributed by atoms with Gasteiger partial charge in [-0.3, -0.25) is 0 Å². The first-order valence-electron chi connectivity index (χ1n) is 7.78. The number of benzene rings is 1. The first-order valence-corrected chi connectivity index (χ1v) is 8.72. The van der Waals surface area contributed by atoms with E-state index in [1.807, 2.05) is 35.0 Å². The Morgan fingerprint density at radius 1 is 1.25 bits per heavy atom. The minimum atomic E-state index is -0.897. The summed E-state index contributed by atoms with van der Waals surface area (Å²) in [5, 5.41) is 4.04. The van der Waals surface area contributed by atoms with Crippen LogP contribution < -0.4 is 10.4 Å². The number of thiophene rings is 1. The molecule has 120 valence electrons. The molecule has 3 aromatic rings. The monoisotopic (exact) mass is 338 g/mol. The molecule has 1 unspecified atom stereocenters. The van der Waals surface area contributed by atoms with E-state index in [1.165, 1.54) is 0 Å². The lowest BCUT2D eigenvalue weighted by molar-refractivity contribution is -0.238. The quantitative estimate of drug-likeness (QED) is 0.675. The zero-order valence-corrected chi connectivity index (χ0v) is 13.8. The van der Waals surface area contributed by atoms with E-state index in [1.54, 1.807) is 24.3 Å². The van der Waals surface area contributed by atoms with Crippen molar-refractivity contribution in [3.05, 3.63) is 85.6 Å². The maximum atomic E-state index is 12.5. The van der Waals surface area contributed by atoms with Crippen molar-refractivity contribution in [2.75, 3.05) is 0 Å². The van der Waals surface area contributed by atoms with Gasteiger partial charge in [0.2, 0.25) is 5.79 Å². The fourth-order valence-electron chi connectivity index (χ4n) is 3.57. The molecule has 0 amide bonds. The van der Waals surface area contributed by atoms with E-state index in [9.17, 15) is 4.79 Å². The molecule has 0 radical (unpaired) electrons. The summed E-state index contributed by atoms with van der Waals surface area (Å²) in [6.07, 6.45) is 0.130. The van der Waals surface area contributed by atoms with E-state index in [0.29, 0.717) is 23.5 Å². The summed E-state index contributed by atoms with van der Waals surface area (Å²) < 4.78 is 17.9. The number of fused-ring (bicyclic) bond motifs is 6. The molecule has 2 aliphatic heterocycles. The van der Waals surface area contributed by atoms with E-state index < -0.39 is 17.5 Å². The largest absolute Gasteiger partial charge is 0.457 e. The smallest absolute Gasteiger partial charge is 0.345 e. The normalized spacial score (nSPS) is 24.0. The highest BCUT2D eigenvalue weighted by Crippen LogP contribution is 2.51. The molecule has 2 atom stereocenters. The number of hydrogen-bond acceptors (Lipinski definition) is 5. The Bertz CT molecular complexity index is 989. The lowest BCUT2D eigenvalue weighted by atomic mass is 9.85. The summed E-state index contributed by atoms with van der Waals surface area (Å²) in [5.74, 6) is 0.194. The first kappa shape index (κ1) is 14.0. The number of hydrogen-bond donors (Lipinski definition) is 0. The first-order chi connectivity index (χ1) is 11.7. The molecular formula is C19H14O4S. The molecule has 5 rings (SSSR count). The molecule has 0 saturated carbocycles. The summed E-state index contributed by atoms with van der Waals surface area (Å²) >= 11 is 1.60. The van der Waals surface area contributed by atoms with Crippen LogP contribution in [0.2, 0.25) is 0 Å². The maximum Gasteiger partial charge on any atom is 0.345 e. The minimum Gasteiger partial charge on any atom is -0.457 e. The summed E-state index contributed by atoms with van der Waals surface area (Å²) in [6, 6.07) is 11.8. The van der Waals surface area contributed by atoms with Crippen molar-refractivity contribution in [2.24, 2.45) is 0 Å². The predicted molar refractivity (Wildman–Crippen MR) is 89.4 cm³/mol. The number of rotatable bonds is 1. The van der Waals surface area contributed by atoms with Gasteiger partial charge >= 0.3 is 5.63 Å². The summed E-state index contributed by atoms with van der Waals surface area (Å²) in [5.41, 5.74) is 3.16. The van der Waals surface area contributed by atoms with Gasteiger partial charge in [-0.05, 0) is 29.5 Å². The second-order valence-electron chi connectivity index (χ2n) is 6.16. The lowest BCUT2D eigenvalue weighted by Crippen LogP contribution is -2.47. The highest BCUT2D eigenvalue weighted by atomic mass is 32.1. The van der Waals surface area contributed by atoms with Gasteiger partial charge < -0.3 is 13.9 Å². The van der Waals surface area contributed by atoms with Crippen LogP contribution in [0.25, 0.3) is 0 Å². The molecule has 24 heavy (non-hydrogen) atoms. The molecule has 4 heterocycles. The molecule has 0 spiro atoms. The molecule has 5 heteroatoms. The third-order valence-electron chi connectivity index (χ3n) is 4.64. The van der Waals surface area contributed by atoms with Gasteiger partial charge in [0.1, 0.15) is 23.2 Å². The molecular weight excluding hydrogens is 324 g/mol. The highest BCUT2D eigenvalue weighted by molar-refractivity contribution is 7.08. The Kier molecular flexibility index (Phi) is 2.81. The van der Waals surface area contributed by atoms with Crippen LogP contribution in [0.1, 0.15) is 34.1 Å². The van der Waals surface area contributed by atoms with E-state index in [4.69, 9.17) is 13.9 Å². The number of aryl methyl sites for hydroxylation is 1. The summed E-state index contributed by atoms with van der Waals surface area (Å²) in [6.45, 7) is 1.75. The van der Waals surface area contributed by atoms with Crippen molar-refractivity contribution in [1.29, 1.82) is 0 Å². The zero-order chi connectivity index (χ0) is 16.3. The predicted octanol–water partition coefficient (Wildman–Crippen LogP) is 3.92. The van der Waals surface area contributed by atoms with E-state index in [0.717, 1.165) is 16.7 Å². The summed E-state index contributed by atoms with van der Waals surface area (Å²) in [4.78, 5) is 12.5. The van der Waals surface area contributed by atoms with Crippen molar-refractivity contribution in [1.82, 2.24) is 0 Å². The summed E-state index contributed by atoms with van der Waals surface area (Å²) in [7, 11) is 0. The SMILES string of the molecule is Cc1cc2c(c(=O)o1)C1O[C@](c3ccsc3)(Cc3ccccc31)O2. The average molecular weight is 338 g/mol. The van der Waals surface area contributed by atoms with Gasteiger partial charge in [-0.15, -0.1) is 0 Å². The Morgan fingerprint density at radius 2 is 2.12 bits per heavy atom. The molecule has 2 aliphatic rings. The van der Waals surface area contributed by atoms with E-state index in [-0.39, 0.29) is 0 Å². The van der Waals surface area contributed by atoms with Crippen molar-refractivity contribution in [3.8, 4) is 5.75 Å². The Hall–Kier alpha value is -2.37. The van der Waals surface area contributed by atoms with Crippen LogP contribution in [-0.4, -0.2) is 0 Å². The standard InChI is InChI=1S/C19H14O4S/c1-11-8-15-16(18(20)21-11)17-14-5-3-2-4-12(14)9-19(22-15,23-17)13-6-7-24-10-13/h2-8,10,17H,9H2,1H3/t17?,19-/m0/s1. The highest BCUT2D eigenvalue weighted by Gasteiger charge is 2.50. The van der Waals surface area contributed by atoms with Crippen LogP contribution >= 0.6 is 11.3 Å². The lowest BCUT2D eigenvalue weighted by Gasteiger charge is -2.45. The topological polar surface area (TPSA) is 48.7 Å². The van der Waals surface area contributed by atoms with Crippen molar-refractivity contribution >= 4 is 11.3 Å². The van der Waals surface area contributed by atoms with Gasteiger partial charge in [-0.1, -0.05) is 24.3 Å². The van der Waals surface area contributed by atoms with Crippen LogP contribution in [0.5, 0.6) is 5.75 Å². The minimum absolute atomic E-state index is 0.398. The van der Waals surface area contributed by atoms with Crippen LogP contribution in [0.4, 0.5) is 0 Å². The molecule has 0 saturated heterocycles. The van der Waals surface area contributed by atoms with Crippen LogP contribution in [0.15, 0.2) is 56.4 Å². The average Bonchev–Trinajstić information content (AvgIpc) is 3.09. The fraction of sp³-hybridized carbons (Fsp3) is 0.211. The van der Waals surface area contributed by atoms with Crippen molar-refractivity contribution in [2.45, 2.75) is 25.2 Å². The van der Waals surface area contributed by atoms with Gasteiger partial charge in [0.05, 0.1) is 0 Å². The van der Waals surface area contributed by atoms with Gasteiger partial charge in [0, 0.05) is 23.4 Å². The second kappa shape index (κ2) is 4.82. The van der Waals surface area contributed by atoms with Crippen LogP contribution in [0.3, 0.4) is 0 Å².